The van der Waals surface area contributed by atoms with Gasteiger partial charge in [0.05, 0.1) is 6.08 Å². The molecule has 0 heterocycles. The van der Waals surface area contributed by atoms with Crippen molar-refractivity contribution in [2.24, 2.45) is 5.92 Å². The molecule has 31 heavy (non-hydrogen) atoms. The number of benzene rings is 2. The molecule has 166 valence electrons. The summed E-state index contributed by atoms with van der Waals surface area (Å²) < 4.78 is 94.3. The molecule has 2 aromatic carbocycles. The lowest BCUT2D eigenvalue weighted by molar-refractivity contribution is -0.133. The van der Waals surface area contributed by atoms with E-state index >= 15 is 0 Å². The summed E-state index contributed by atoms with van der Waals surface area (Å²) in [6.07, 6.45) is -5.45. The average Bonchev–Trinajstić information content (AvgIpc) is 2.67. The Morgan fingerprint density at radius 1 is 0.871 bits per heavy atom. The van der Waals surface area contributed by atoms with Crippen LogP contribution in [0.25, 0.3) is 11.1 Å². The minimum Gasteiger partial charge on any atom is -0.429 e. The van der Waals surface area contributed by atoms with Gasteiger partial charge in [0.1, 0.15) is 11.6 Å². The Balaban J connectivity index is 1.69. The molecule has 1 aliphatic rings. The van der Waals surface area contributed by atoms with Gasteiger partial charge in [-0.15, -0.1) is 0 Å². The molecule has 0 aliphatic heterocycles. The van der Waals surface area contributed by atoms with Gasteiger partial charge < -0.3 is 4.74 Å². The molecule has 0 N–H and O–H groups in total. The maximum absolute atomic E-state index is 14.7. The number of ether oxygens (including phenoxy) is 1. The smallest absolute Gasteiger partial charge is 0.425 e. The van der Waals surface area contributed by atoms with Crippen molar-refractivity contribution >= 4 is 0 Å². The second kappa shape index (κ2) is 9.58. The third kappa shape index (κ3) is 6.35. The van der Waals surface area contributed by atoms with Gasteiger partial charge in [-0.3, -0.25) is 0 Å². The van der Waals surface area contributed by atoms with Gasteiger partial charge in [-0.05, 0) is 72.9 Å². The van der Waals surface area contributed by atoms with Crippen LogP contribution < -0.4 is 4.74 Å². The first kappa shape index (κ1) is 22.9. The Morgan fingerprint density at radius 3 is 2.06 bits per heavy atom. The SMILES string of the molecule is FC(F)=CC1CCC(c2ccc(-c3ccc(OC(F)(F)C=C(F)F)cc3)c(F)c2)CC1. The molecule has 1 saturated carbocycles. The fraction of sp³-hybridized carbons (Fsp3) is 0.304. The van der Waals surface area contributed by atoms with Crippen LogP contribution >= 0.6 is 0 Å². The first-order valence-electron chi connectivity index (χ1n) is 9.66. The van der Waals surface area contributed by atoms with Gasteiger partial charge in [0.25, 0.3) is 12.2 Å². The number of rotatable bonds is 6. The topological polar surface area (TPSA) is 9.23 Å². The maximum atomic E-state index is 14.7. The van der Waals surface area contributed by atoms with Crippen molar-refractivity contribution in [1.29, 1.82) is 0 Å². The van der Waals surface area contributed by atoms with Gasteiger partial charge in [-0.25, -0.2) is 4.39 Å². The molecular formula is C23H19F7O. The third-order valence-corrected chi connectivity index (χ3v) is 5.29. The highest BCUT2D eigenvalue weighted by molar-refractivity contribution is 5.65. The Bertz CT molecular complexity index is 950. The number of hydrogen-bond acceptors (Lipinski definition) is 1. The molecule has 0 radical (unpaired) electrons. The zero-order chi connectivity index (χ0) is 22.6. The van der Waals surface area contributed by atoms with E-state index in [0.717, 1.165) is 23.8 Å². The summed E-state index contributed by atoms with van der Waals surface area (Å²) in [4.78, 5) is 0. The Hall–Kier alpha value is -2.77. The molecule has 3 rings (SSSR count). The van der Waals surface area contributed by atoms with E-state index in [4.69, 9.17) is 0 Å². The van der Waals surface area contributed by atoms with Crippen molar-refractivity contribution in [3.63, 3.8) is 0 Å². The highest BCUT2D eigenvalue weighted by atomic mass is 19.3. The van der Waals surface area contributed by atoms with Crippen molar-refractivity contribution in [2.75, 3.05) is 0 Å². The molecule has 2 aromatic rings. The van der Waals surface area contributed by atoms with Crippen LogP contribution in [0.1, 0.15) is 37.2 Å². The fourth-order valence-corrected chi connectivity index (χ4v) is 3.83. The van der Waals surface area contributed by atoms with Crippen LogP contribution in [-0.4, -0.2) is 6.11 Å². The van der Waals surface area contributed by atoms with E-state index in [9.17, 15) is 30.7 Å². The molecule has 0 bridgehead atoms. The molecule has 0 spiro atoms. The van der Waals surface area contributed by atoms with Crippen LogP contribution in [0.15, 0.2) is 66.8 Å². The summed E-state index contributed by atoms with van der Waals surface area (Å²) >= 11 is 0. The predicted octanol–water partition coefficient (Wildman–Crippen LogP) is 8.30. The molecule has 1 fully saturated rings. The Labute approximate surface area is 174 Å². The molecule has 0 amide bonds. The standard InChI is InChI=1S/C23H19F7O/c24-20-12-17(15-3-1-14(2-4-15)11-21(25)26)7-10-19(20)16-5-8-18(9-6-16)31-23(29,30)13-22(27)28/h5-15H,1-4H2. The molecule has 0 unspecified atom stereocenters. The van der Waals surface area contributed by atoms with Gasteiger partial charge in [-0.2, -0.15) is 26.3 Å². The van der Waals surface area contributed by atoms with Crippen LogP contribution in [0.3, 0.4) is 0 Å². The summed E-state index contributed by atoms with van der Waals surface area (Å²) in [6.45, 7) is 0. The first-order chi connectivity index (χ1) is 14.6. The van der Waals surface area contributed by atoms with Crippen LogP contribution in [0, 0.1) is 11.7 Å². The summed E-state index contributed by atoms with van der Waals surface area (Å²) in [5, 5.41) is 0. The molecule has 0 aromatic heterocycles. The number of hydrogen-bond donors (Lipinski definition) is 0. The molecular weight excluding hydrogens is 425 g/mol. The molecule has 0 saturated heterocycles. The van der Waals surface area contributed by atoms with E-state index in [0.29, 0.717) is 31.2 Å². The summed E-state index contributed by atoms with van der Waals surface area (Å²) in [5.74, 6) is -0.928. The highest BCUT2D eigenvalue weighted by Crippen LogP contribution is 2.38. The van der Waals surface area contributed by atoms with E-state index in [-0.39, 0.29) is 23.1 Å². The lowest BCUT2D eigenvalue weighted by Gasteiger charge is -2.27. The maximum Gasteiger partial charge on any atom is 0.425 e. The van der Waals surface area contributed by atoms with Gasteiger partial charge in [0.2, 0.25) is 0 Å². The second-order valence-electron chi connectivity index (χ2n) is 7.43. The van der Waals surface area contributed by atoms with E-state index < -0.39 is 30.2 Å². The predicted molar refractivity (Wildman–Crippen MR) is 103 cm³/mol. The van der Waals surface area contributed by atoms with E-state index in [2.05, 4.69) is 4.74 Å². The fourth-order valence-electron chi connectivity index (χ4n) is 3.83. The van der Waals surface area contributed by atoms with Crippen molar-refractivity contribution in [3.8, 4) is 16.9 Å². The molecule has 1 nitrogen and oxygen atoms in total. The minimum absolute atomic E-state index is 0.0813. The van der Waals surface area contributed by atoms with E-state index in [1.807, 2.05) is 0 Å². The van der Waals surface area contributed by atoms with Crippen molar-refractivity contribution in [2.45, 2.75) is 37.7 Å². The van der Waals surface area contributed by atoms with Crippen molar-refractivity contribution in [3.05, 3.63) is 78.2 Å². The highest BCUT2D eigenvalue weighted by Gasteiger charge is 2.30. The summed E-state index contributed by atoms with van der Waals surface area (Å²) in [7, 11) is 0. The molecule has 1 aliphatic carbocycles. The van der Waals surface area contributed by atoms with Gasteiger partial charge in [0.15, 0.2) is 0 Å². The average molecular weight is 444 g/mol. The van der Waals surface area contributed by atoms with Crippen molar-refractivity contribution < 1.29 is 35.5 Å². The minimum atomic E-state index is -4.17. The summed E-state index contributed by atoms with van der Waals surface area (Å²) in [5.41, 5.74) is 1.43. The first-order valence-corrected chi connectivity index (χ1v) is 9.66. The third-order valence-electron chi connectivity index (χ3n) is 5.29. The number of alkyl halides is 2. The van der Waals surface area contributed by atoms with Crippen molar-refractivity contribution in [1.82, 2.24) is 0 Å². The summed E-state index contributed by atoms with van der Waals surface area (Å²) in [6, 6.07) is 9.72. The Kier molecular flexibility index (Phi) is 7.08. The van der Waals surface area contributed by atoms with E-state index in [1.165, 1.54) is 18.2 Å². The van der Waals surface area contributed by atoms with Crippen LogP contribution in [-0.2, 0) is 0 Å². The second-order valence-corrected chi connectivity index (χ2v) is 7.43. The largest absolute Gasteiger partial charge is 0.429 e. The van der Waals surface area contributed by atoms with Crippen LogP contribution in [0.5, 0.6) is 5.75 Å². The van der Waals surface area contributed by atoms with Crippen LogP contribution in [0.2, 0.25) is 0 Å². The zero-order valence-electron chi connectivity index (χ0n) is 16.2. The number of allylic oxidation sites excluding steroid dienone is 1. The Morgan fingerprint density at radius 2 is 1.52 bits per heavy atom. The monoisotopic (exact) mass is 444 g/mol. The van der Waals surface area contributed by atoms with Gasteiger partial charge in [0, 0.05) is 5.56 Å². The molecule has 0 atom stereocenters. The lowest BCUT2D eigenvalue weighted by Crippen LogP contribution is -2.21. The van der Waals surface area contributed by atoms with Crippen LogP contribution in [0.4, 0.5) is 30.7 Å². The lowest BCUT2D eigenvalue weighted by atomic mass is 9.78. The molecule has 8 heteroatoms. The van der Waals surface area contributed by atoms with E-state index in [1.54, 1.807) is 12.1 Å². The zero-order valence-corrected chi connectivity index (χ0v) is 16.2. The van der Waals surface area contributed by atoms with Gasteiger partial charge >= 0.3 is 6.11 Å². The normalized spacial score (nSPS) is 18.9. The van der Waals surface area contributed by atoms with Gasteiger partial charge in [-0.1, -0.05) is 24.3 Å². The quantitative estimate of drug-likeness (QED) is 0.407. The number of halogens is 7.